The monoisotopic (exact) mass is 378 g/mol. The highest BCUT2D eigenvalue weighted by atomic mass is 16.6. The molecule has 1 rings (SSSR count). The second-order valence-electron chi connectivity index (χ2n) is 5.68. The van der Waals surface area contributed by atoms with Gasteiger partial charge in [0.05, 0.1) is 25.9 Å². The van der Waals surface area contributed by atoms with Crippen molar-refractivity contribution < 1.29 is 33.3 Å². The van der Waals surface area contributed by atoms with Crippen molar-refractivity contribution in [3.05, 3.63) is 47.5 Å². The quantitative estimate of drug-likeness (QED) is 0.351. The molecule has 0 aliphatic rings. The van der Waals surface area contributed by atoms with Crippen LogP contribution in [0.3, 0.4) is 0 Å². The lowest BCUT2D eigenvalue weighted by Crippen LogP contribution is -2.41. The number of carbonyl (C=O) groups excluding carboxylic acids is 3. The van der Waals surface area contributed by atoms with Gasteiger partial charge in [0.2, 0.25) is 0 Å². The maximum atomic E-state index is 12.5. The fourth-order valence-corrected chi connectivity index (χ4v) is 2.31. The van der Waals surface area contributed by atoms with Gasteiger partial charge < -0.3 is 18.9 Å². The molecular weight excluding hydrogens is 352 g/mol. The molecule has 1 atom stereocenters. The van der Waals surface area contributed by atoms with E-state index in [1.807, 2.05) is 30.3 Å². The van der Waals surface area contributed by atoms with Crippen LogP contribution in [0.2, 0.25) is 0 Å². The Balaban J connectivity index is 3.22. The molecule has 0 bridgehead atoms. The Bertz CT molecular complexity index is 666. The largest absolute Gasteiger partial charge is 0.467 e. The van der Waals surface area contributed by atoms with Gasteiger partial charge in [-0.25, -0.2) is 9.59 Å². The summed E-state index contributed by atoms with van der Waals surface area (Å²) in [4.78, 5) is 35.9. The summed E-state index contributed by atoms with van der Waals surface area (Å²) in [5.41, 5.74) is -0.662. The Labute approximate surface area is 159 Å². The molecule has 0 aliphatic carbocycles. The molecule has 0 fully saturated rings. The van der Waals surface area contributed by atoms with Gasteiger partial charge in [0.15, 0.2) is 5.60 Å². The van der Waals surface area contributed by atoms with Crippen LogP contribution in [-0.4, -0.2) is 43.8 Å². The summed E-state index contributed by atoms with van der Waals surface area (Å²) in [5, 5.41) is 0. The third-order valence-electron chi connectivity index (χ3n) is 3.77. The van der Waals surface area contributed by atoms with Crippen molar-refractivity contribution >= 4 is 17.9 Å². The van der Waals surface area contributed by atoms with Crippen molar-refractivity contribution in [1.29, 1.82) is 0 Å². The summed E-state index contributed by atoms with van der Waals surface area (Å²) in [5.74, 6) is -1.91. The molecule has 27 heavy (non-hydrogen) atoms. The highest BCUT2D eigenvalue weighted by molar-refractivity contribution is 5.92. The summed E-state index contributed by atoms with van der Waals surface area (Å²) in [7, 11) is 1.24. The molecule has 0 aromatic heterocycles. The molecule has 0 N–H and O–H groups in total. The van der Waals surface area contributed by atoms with Crippen molar-refractivity contribution in [3.63, 3.8) is 0 Å². The fraction of sp³-hybridized carbons (Fsp3) is 0.450. The number of hydrogen-bond donors (Lipinski definition) is 0. The molecule has 1 aromatic rings. The van der Waals surface area contributed by atoms with Crippen molar-refractivity contribution in [2.45, 2.75) is 39.4 Å². The molecule has 0 radical (unpaired) electrons. The summed E-state index contributed by atoms with van der Waals surface area (Å²) in [6, 6.07) is 9.28. The van der Waals surface area contributed by atoms with Gasteiger partial charge in [0, 0.05) is 6.92 Å². The minimum atomic E-state index is -1.52. The molecule has 148 valence electrons. The van der Waals surface area contributed by atoms with E-state index in [0.717, 1.165) is 5.56 Å². The molecule has 0 aliphatic heterocycles. The summed E-state index contributed by atoms with van der Waals surface area (Å²) in [6.07, 6.45) is 1.53. The number of hydrogen-bond acceptors (Lipinski definition) is 7. The zero-order chi connectivity index (χ0) is 20.3. The number of carbonyl (C=O) groups is 3. The average molecular weight is 378 g/mol. The predicted molar refractivity (Wildman–Crippen MR) is 97.6 cm³/mol. The molecular formula is C20H26O7. The van der Waals surface area contributed by atoms with Crippen LogP contribution in [0.25, 0.3) is 0 Å². The van der Waals surface area contributed by atoms with E-state index in [2.05, 4.69) is 0 Å². The molecule has 0 amide bonds. The van der Waals surface area contributed by atoms with Crippen LogP contribution in [0, 0.1) is 0 Å². The lowest BCUT2D eigenvalue weighted by atomic mass is 9.96. The molecule has 0 saturated heterocycles. The number of esters is 3. The number of benzene rings is 1. The van der Waals surface area contributed by atoms with Gasteiger partial charge in [-0.15, -0.1) is 0 Å². The normalized spacial score (nSPS) is 13.4. The lowest BCUT2D eigenvalue weighted by molar-refractivity contribution is -0.165. The third-order valence-corrected chi connectivity index (χ3v) is 3.77. The first-order chi connectivity index (χ1) is 12.9. The lowest BCUT2D eigenvalue weighted by Gasteiger charge is -2.28. The molecule has 1 aromatic carbocycles. The highest BCUT2D eigenvalue weighted by Gasteiger charge is 2.38. The predicted octanol–water partition coefficient (Wildman–Crippen LogP) is 2.58. The summed E-state index contributed by atoms with van der Waals surface area (Å²) >= 11 is 0. The molecule has 0 heterocycles. The van der Waals surface area contributed by atoms with E-state index in [1.54, 1.807) is 13.8 Å². The number of rotatable bonds is 10. The Morgan fingerprint density at radius 1 is 1.07 bits per heavy atom. The Hall–Kier alpha value is -2.67. The van der Waals surface area contributed by atoms with Crippen LogP contribution < -0.4 is 0 Å². The smallest absolute Gasteiger partial charge is 0.342 e. The maximum Gasteiger partial charge on any atom is 0.342 e. The molecule has 7 nitrogen and oxygen atoms in total. The number of ether oxygens (including phenoxy) is 4. The second kappa shape index (κ2) is 11.1. The fourth-order valence-electron chi connectivity index (χ4n) is 2.31. The first kappa shape index (κ1) is 22.4. The van der Waals surface area contributed by atoms with Crippen LogP contribution in [-0.2, 0) is 39.9 Å². The standard InChI is InChI=1S/C20H26O7/c1-5-20(19(23)24-4,27-13-16-10-8-7-9-11-16)12-17(14-26-15(3)21)18(22)25-6-2/h7-12H,5-6,13-14H2,1-4H3/b17-12+/t20-/m0/s1. The van der Waals surface area contributed by atoms with E-state index in [1.165, 1.54) is 20.1 Å². The van der Waals surface area contributed by atoms with Gasteiger partial charge in [-0.1, -0.05) is 37.3 Å². The van der Waals surface area contributed by atoms with Crippen LogP contribution in [0.4, 0.5) is 0 Å². The first-order valence-electron chi connectivity index (χ1n) is 8.67. The van der Waals surface area contributed by atoms with E-state index in [0.29, 0.717) is 0 Å². The number of methoxy groups -OCH3 is 1. The van der Waals surface area contributed by atoms with Gasteiger partial charge >= 0.3 is 17.9 Å². The topological polar surface area (TPSA) is 88.1 Å². The zero-order valence-electron chi connectivity index (χ0n) is 16.2. The molecule has 0 unspecified atom stereocenters. The zero-order valence-corrected chi connectivity index (χ0v) is 16.2. The molecule has 0 saturated carbocycles. The van der Waals surface area contributed by atoms with E-state index >= 15 is 0 Å². The third kappa shape index (κ3) is 6.86. The van der Waals surface area contributed by atoms with Crippen LogP contribution >= 0.6 is 0 Å². The first-order valence-corrected chi connectivity index (χ1v) is 8.67. The SMILES string of the molecule is CCOC(=O)/C(=C/[C@](CC)(OCc1ccccc1)C(=O)OC)COC(C)=O. The van der Waals surface area contributed by atoms with Gasteiger partial charge in [0.1, 0.15) is 6.61 Å². The average Bonchev–Trinajstić information content (AvgIpc) is 2.68. The van der Waals surface area contributed by atoms with Crippen LogP contribution in [0.15, 0.2) is 42.0 Å². The minimum Gasteiger partial charge on any atom is -0.467 e. The minimum absolute atomic E-state index is 0.00682. The second-order valence-corrected chi connectivity index (χ2v) is 5.68. The summed E-state index contributed by atoms with van der Waals surface area (Å²) < 4.78 is 20.7. The molecule has 7 heteroatoms. The Morgan fingerprint density at radius 2 is 1.74 bits per heavy atom. The van der Waals surface area contributed by atoms with Crippen molar-refractivity contribution in [3.8, 4) is 0 Å². The van der Waals surface area contributed by atoms with E-state index in [-0.39, 0.29) is 31.8 Å². The van der Waals surface area contributed by atoms with Crippen molar-refractivity contribution in [1.82, 2.24) is 0 Å². The van der Waals surface area contributed by atoms with Gasteiger partial charge in [-0.2, -0.15) is 0 Å². The Kier molecular flexibility index (Phi) is 9.22. The van der Waals surface area contributed by atoms with Crippen molar-refractivity contribution in [2.75, 3.05) is 20.3 Å². The molecule has 0 spiro atoms. The maximum absolute atomic E-state index is 12.5. The van der Waals surface area contributed by atoms with E-state index in [4.69, 9.17) is 18.9 Å². The van der Waals surface area contributed by atoms with Gasteiger partial charge in [-0.05, 0) is 25.0 Å². The van der Waals surface area contributed by atoms with Gasteiger partial charge in [0.25, 0.3) is 0 Å². The van der Waals surface area contributed by atoms with Crippen molar-refractivity contribution in [2.24, 2.45) is 0 Å². The highest BCUT2D eigenvalue weighted by Crippen LogP contribution is 2.24. The van der Waals surface area contributed by atoms with E-state index < -0.39 is 23.5 Å². The van der Waals surface area contributed by atoms with Crippen LogP contribution in [0.5, 0.6) is 0 Å². The van der Waals surface area contributed by atoms with Gasteiger partial charge in [-0.3, -0.25) is 4.79 Å². The van der Waals surface area contributed by atoms with Crippen LogP contribution in [0.1, 0.15) is 32.8 Å². The van der Waals surface area contributed by atoms with E-state index in [9.17, 15) is 14.4 Å². The Morgan fingerprint density at radius 3 is 2.26 bits per heavy atom. The summed E-state index contributed by atoms with van der Waals surface area (Å²) in [6.45, 7) is 4.54.